The predicted octanol–water partition coefficient (Wildman–Crippen LogP) is 4.57. The van der Waals surface area contributed by atoms with Crippen LogP contribution in [0.15, 0.2) is 30.3 Å². The normalized spacial score (nSPS) is 10.6. The molecule has 0 unspecified atom stereocenters. The molecule has 0 aliphatic rings. The highest BCUT2D eigenvalue weighted by Crippen LogP contribution is 2.10. The zero-order valence-corrected chi connectivity index (χ0v) is 12.2. The largest absolute Gasteiger partial charge is 0.385 e. The van der Waals surface area contributed by atoms with Crippen molar-refractivity contribution in [3.63, 3.8) is 0 Å². The summed E-state index contributed by atoms with van der Waals surface area (Å²) in [6, 6.07) is 10.5. The third kappa shape index (κ3) is 9.54. The van der Waals surface area contributed by atoms with E-state index in [1.54, 1.807) is 0 Å². The highest BCUT2D eigenvalue weighted by atomic mass is 14.9. The van der Waals surface area contributed by atoms with Crippen LogP contribution in [0, 0.1) is 0 Å². The fourth-order valence-corrected chi connectivity index (χ4v) is 2.30. The Bertz CT molecular complexity index is 285. The first kappa shape index (κ1) is 16.0. The molecule has 108 valence electrons. The van der Waals surface area contributed by atoms with Crippen LogP contribution in [0.2, 0.25) is 0 Å². The minimum atomic E-state index is 0.856. The number of benzene rings is 1. The monoisotopic (exact) mass is 262 g/mol. The van der Waals surface area contributed by atoms with Gasteiger partial charge in [-0.15, -0.1) is 0 Å². The highest BCUT2D eigenvalue weighted by molar-refractivity contribution is 5.42. The quantitative estimate of drug-likeness (QED) is 0.542. The van der Waals surface area contributed by atoms with Crippen LogP contribution < -0.4 is 11.1 Å². The molecule has 0 amide bonds. The van der Waals surface area contributed by atoms with Crippen LogP contribution in [0.3, 0.4) is 0 Å². The first-order chi connectivity index (χ1) is 9.43. The topological polar surface area (TPSA) is 38.0 Å². The van der Waals surface area contributed by atoms with Crippen molar-refractivity contribution >= 4 is 5.69 Å². The molecule has 19 heavy (non-hydrogen) atoms. The van der Waals surface area contributed by atoms with E-state index in [4.69, 9.17) is 5.73 Å². The van der Waals surface area contributed by atoms with E-state index < -0.39 is 0 Å². The molecule has 0 fully saturated rings. The first-order valence-corrected chi connectivity index (χ1v) is 7.92. The molecule has 0 saturated carbocycles. The molecule has 1 aromatic carbocycles. The van der Waals surface area contributed by atoms with Crippen molar-refractivity contribution in [3.8, 4) is 0 Å². The SMILES string of the molecule is NCCCCCCCCCCCNc1ccccc1. The van der Waals surface area contributed by atoms with Gasteiger partial charge in [0.25, 0.3) is 0 Å². The van der Waals surface area contributed by atoms with Gasteiger partial charge in [0, 0.05) is 12.2 Å². The summed E-state index contributed by atoms with van der Waals surface area (Å²) in [7, 11) is 0. The Labute approximate surface area is 118 Å². The van der Waals surface area contributed by atoms with Crippen molar-refractivity contribution in [1.82, 2.24) is 0 Å². The molecule has 0 saturated heterocycles. The summed E-state index contributed by atoms with van der Waals surface area (Å²) >= 11 is 0. The van der Waals surface area contributed by atoms with Crippen LogP contribution in [0.4, 0.5) is 5.69 Å². The van der Waals surface area contributed by atoms with Crippen LogP contribution in [-0.4, -0.2) is 13.1 Å². The Balaban J connectivity index is 1.79. The second kappa shape index (κ2) is 12.0. The fourth-order valence-electron chi connectivity index (χ4n) is 2.30. The zero-order valence-electron chi connectivity index (χ0n) is 12.2. The lowest BCUT2D eigenvalue weighted by atomic mass is 10.1. The smallest absolute Gasteiger partial charge is 0.0340 e. The molecule has 3 N–H and O–H groups in total. The van der Waals surface area contributed by atoms with E-state index >= 15 is 0 Å². The number of unbranched alkanes of at least 4 members (excludes halogenated alkanes) is 8. The molecule has 2 nitrogen and oxygen atoms in total. The van der Waals surface area contributed by atoms with E-state index in [-0.39, 0.29) is 0 Å². The molecule has 1 rings (SSSR count). The summed E-state index contributed by atoms with van der Waals surface area (Å²) in [6.07, 6.45) is 12.1. The molecule has 1 aromatic rings. The van der Waals surface area contributed by atoms with Gasteiger partial charge in [-0.25, -0.2) is 0 Å². The van der Waals surface area contributed by atoms with Crippen molar-refractivity contribution in [2.75, 3.05) is 18.4 Å². The number of hydrogen-bond acceptors (Lipinski definition) is 2. The summed E-state index contributed by atoms with van der Waals surface area (Å²) < 4.78 is 0. The van der Waals surface area contributed by atoms with E-state index in [2.05, 4.69) is 35.6 Å². The van der Waals surface area contributed by atoms with Gasteiger partial charge in [-0.05, 0) is 31.5 Å². The average Bonchev–Trinajstić information content (AvgIpc) is 2.46. The Morgan fingerprint density at radius 1 is 0.684 bits per heavy atom. The molecule has 0 radical (unpaired) electrons. The summed E-state index contributed by atoms with van der Waals surface area (Å²) in [6.45, 7) is 1.95. The minimum absolute atomic E-state index is 0.856. The third-order valence-electron chi connectivity index (χ3n) is 3.48. The second-order valence-corrected chi connectivity index (χ2v) is 5.26. The van der Waals surface area contributed by atoms with Gasteiger partial charge in [0.15, 0.2) is 0 Å². The van der Waals surface area contributed by atoms with Crippen LogP contribution in [0.5, 0.6) is 0 Å². The van der Waals surface area contributed by atoms with Crippen LogP contribution in [0.25, 0.3) is 0 Å². The number of hydrogen-bond donors (Lipinski definition) is 2. The molecular formula is C17H30N2. The van der Waals surface area contributed by atoms with E-state index in [0.29, 0.717) is 0 Å². The molecule has 0 aromatic heterocycles. The maximum atomic E-state index is 5.47. The van der Waals surface area contributed by atoms with Crippen molar-refractivity contribution in [1.29, 1.82) is 0 Å². The van der Waals surface area contributed by atoms with Gasteiger partial charge in [-0.1, -0.05) is 63.1 Å². The molecule has 2 heteroatoms. The van der Waals surface area contributed by atoms with E-state index in [9.17, 15) is 0 Å². The highest BCUT2D eigenvalue weighted by Gasteiger charge is 1.93. The first-order valence-electron chi connectivity index (χ1n) is 7.92. The van der Waals surface area contributed by atoms with Crippen molar-refractivity contribution in [3.05, 3.63) is 30.3 Å². The van der Waals surface area contributed by atoms with E-state index in [0.717, 1.165) is 13.1 Å². The molecular weight excluding hydrogens is 232 g/mol. The molecule has 0 atom stereocenters. The third-order valence-corrected chi connectivity index (χ3v) is 3.48. The summed E-state index contributed by atoms with van der Waals surface area (Å²) in [4.78, 5) is 0. The Morgan fingerprint density at radius 2 is 1.21 bits per heavy atom. The van der Waals surface area contributed by atoms with Gasteiger partial charge >= 0.3 is 0 Å². The lowest BCUT2D eigenvalue weighted by Gasteiger charge is -2.06. The number of anilines is 1. The van der Waals surface area contributed by atoms with Gasteiger partial charge in [0.05, 0.1) is 0 Å². The molecule has 0 bridgehead atoms. The maximum absolute atomic E-state index is 5.47. The Hall–Kier alpha value is -1.02. The van der Waals surface area contributed by atoms with Crippen molar-refractivity contribution < 1.29 is 0 Å². The number of nitrogens with one attached hydrogen (secondary N) is 1. The second-order valence-electron chi connectivity index (χ2n) is 5.26. The van der Waals surface area contributed by atoms with Gasteiger partial charge in [0.2, 0.25) is 0 Å². The summed E-state index contributed by atoms with van der Waals surface area (Å²) in [5.41, 5.74) is 6.71. The Kier molecular flexibility index (Phi) is 10.2. The summed E-state index contributed by atoms with van der Waals surface area (Å²) in [5, 5.41) is 3.46. The molecule has 0 aliphatic carbocycles. The Morgan fingerprint density at radius 3 is 1.79 bits per heavy atom. The van der Waals surface area contributed by atoms with Crippen LogP contribution in [-0.2, 0) is 0 Å². The van der Waals surface area contributed by atoms with E-state index in [1.807, 2.05) is 0 Å². The predicted molar refractivity (Wildman–Crippen MR) is 85.5 cm³/mol. The zero-order chi connectivity index (χ0) is 13.6. The van der Waals surface area contributed by atoms with Gasteiger partial charge in [0.1, 0.15) is 0 Å². The molecule has 0 spiro atoms. The maximum Gasteiger partial charge on any atom is 0.0340 e. The van der Waals surface area contributed by atoms with Crippen molar-refractivity contribution in [2.45, 2.75) is 57.8 Å². The molecule has 0 aliphatic heterocycles. The van der Waals surface area contributed by atoms with Gasteiger partial charge < -0.3 is 11.1 Å². The number of rotatable bonds is 12. The lowest BCUT2D eigenvalue weighted by Crippen LogP contribution is -2.00. The summed E-state index contributed by atoms with van der Waals surface area (Å²) in [5.74, 6) is 0. The van der Waals surface area contributed by atoms with E-state index in [1.165, 1.54) is 63.5 Å². The fraction of sp³-hybridized carbons (Fsp3) is 0.647. The lowest BCUT2D eigenvalue weighted by molar-refractivity contribution is 0.564. The molecule has 0 heterocycles. The minimum Gasteiger partial charge on any atom is -0.385 e. The van der Waals surface area contributed by atoms with Gasteiger partial charge in [-0.3, -0.25) is 0 Å². The number of nitrogens with two attached hydrogens (primary N) is 1. The van der Waals surface area contributed by atoms with Crippen LogP contribution in [0.1, 0.15) is 57.8 Å². The van der Waals surface area contributed by atoms with Crippen LogP contribution >= 0.6 is 0 Å². The van der Waals surface area contributed by atoms with Gasteiger partial charge in [-0.2, -0.15) is 0 Å². The standard InChI is InChI=1S/C17H30N2/c18-15-11-6-4-2-1-3-5-7-12-16-19-17-13-9-8-10-14-17/h8-10,13-14,19H,1-7,11-12,15-16,18H2. The number of para-hydroxylation sites is 1. The average molecular weight is 262 g/mol. The van der Waals surface area contributed by atoms with Crippen molar-refractivity contribution in [2.24, 2.45) is 5.73 Å².